The van der Waals surface area contributed by atoms with Crippen LogP contribution in [0.15, 0.2) is 59.5 Å². The van der Waals surface area contributed by atoms with Gasteiger partial charge in [-0.25, -0.2) is 0 Å². The molecule has 2 aromatic carbocycles. The molecule has 0 aromatic heterocycles. The van der Waals surface area contributed by atoms with Gasteiger partial charge in [-0.15, -0.1) is 17.7 Å². The maximum atomic E-state index is 11.5. The lowest BCUT2D eigenvalue weighted by Gasteiger charge is -2.12. The summed E-state index contributed by atoms with van der Waals surface area (Å²) in [6.07, 6.45) is 0. The van der Waals surface area contributed by atoms with Crippen molar-refractivity contribution >= 4 is 17.7 Å². The van der Waals surface area contributed by atoms with Crippen molar-refractivity contribution in [3.05, 3.63) is 60.2 Å². The van der Waals surface area contributed by atoms with Crippen LogP contribution < -0.4 is 4.74 Å². The second-order valence-corrected chi connectivity index (χ2v) is 5.61. The van der Waals surface area contributed by atoms with E-state index in [1.807, 2.05) is 54.6 Å². The highest BCUT2D eigenvalue weighted by Gasteiger charge is 2.20. The molecule has 0 bridgehead atoms. The van der Waals surface area contributed by atoms with Crippen LogP contribution in [0.3, 0.4) is 0 Å². The van der Waals surface area contributed by atoms with Gasteiger partial charge in [0.25, 0.3) is 0 Å². The Kier molecular flexibility index (Phi) is 5.93. The molecule has 0 radical (unpaired) electrons. The molecule has 22 heavy (non-hydrogen) atoms. The maximum absolute atomic E-state index is 11.5. The normalized spacial score (nSPS) is 11.1. The Hall–Kier alpha value is -2.38. The van der Waals surface area contributed by atoms with Crippen LogP contribution >= 0.6 is 11.8 Å². The van der Waals surface area contributed by atoms with E-state index in [0.29, 0.717) is 6.61 Å². The van der Waals surface area contributed by atoms with Crippen LogP contribution in [0, 0.1) is 11.8 Å². The Morgan fingerprint density at radius 3 is 2.45 bits per heavy atom. The number of carbonyl (C=O) groups is 1. The van der Waals surface area contributed by atoms with Crippen molar-refractivity contribution in [2.24, 2.45) is 0 Å². The van der Waals surface area contributed by atoms with E-state index in [0.717, 1.165) is 16.2 Å². The van der Waals surface area contributed by atoms with Crippen LogP contribution in [-0.2, 0) is 4.79 Å². The number of hydrogen-bond acceptors (Lipinski definition) is 3. The molecule has 112 valence electrons. The Morgan fingerprint density at radius 1 is 1.18 bits per heavy atom. The molecule has 0 aliphatic carbocycles. The largest absolute Gasteiger partial charge is 0.481 e. The zero-order valence-corrected chi connectivity index (χ0v) is 13.0. The third kappa shape index (κ3) is 4.57. The second kappa shape index (κ2) is 8.16. The van der Waals surface area contributed by atoms with E-state index in [-0.39, 0.29) is 0 Å². The molecule has 0 aliphatic rings. The van der Waals surface area contributed by atoms with E-state index in [2.05, 4.69) is 11.8 Å². The number of carboxylic acid groups (broad SMARTS) is 1. The summed E-state index contributed by atoms with van der Waals surface area (Å²) in [6, 6.07) is 16.6. The Bertz CT molecular complexity index is 669. The van der Waals surface area contributed by atoms with Gasteiger partial charge in [0.1, 0.15) is 17.6 Å². The monoisotopic (exact) mass is 312 g/mol. The molecule has 0 aliphatic heterocycles. The third-order valence-electron chi connectivity index (χ3n) is 2.89. The van der Waals surface area contributed by atoms with Crippen molar-refractivity contribution in [3.8, 4) is 17.6 Å². The highest BCUT2D eigenvalue weighted by molar-refractivity contribution is 8.00. The molecule has 0 unspecified atom stereocenters. The number of thioether (sulfide) groups is 1. The van der Waals surface area contributed by atoms with Gasteiger partial charge < -0.3 is 9.84 Å². The van der Waals surface area contributed by atoms with E-state index in [1.54, 1.807) is 6.92 Å². The Labute approximate surface area is 134 Å². The van der Waals surface area contributed by atoms with Gasteiger partial charge in [-0.1, -0.05) is 36.3 Å². The molecule has 3 nitrogen and oxygen atoms in total. The number of aliphatic carboxylic acids is 1. The molecule has 1 atom stereocenters. The van der Waals surface area contributed by atoms with Crippen molar-refractivity contribution < 1.29 is 14.6 Å². The van der Waals surface area contributed by atoms with Gasteiger partial charge in [0.05, 0.1) is 0 Å². The van der Waals surface area contributed by atoms with Crippen molar-refractivity contribution in [2.45, 2.75) is 17.1 Å². The Morgan fingerprint density at radius 2 is 1.86 bits per heavy atom. The minimum atomic E-state index is -0.852. The summed E-state index contributed by atoms with van der Waals surface area (Å²) in [7, 11) is 0. The summed E-state index contributed by atoms with van der Waals surface area (Å²) in [4.78, 5) is 12.4. The third-order valence-corrected chi connectivity index (χ3v) is 4.15. The predicted octanol–water partition coefficient (Wildman–Crippen LogP) is 4.01. The van der Waals surface area contributed by atoms with Gasteiger partial charge >= 0.3 is 5.97 Å². The summed E-state index contributed by atoms with van der Waals surface area (Å²) in [5, 5.41) is 8.80. The highest BCUT2D eigenvalue weighted by Crippen LogP contribution is 2.36. The molecule has 0 saturated carbocycles. The smallest absolute Gasteiger partial charge is 0.321 e. The van der Waals surface area contributed by atoms with Gasteiger partial charge in [-0.3, -0.25) is 4.79 Å². The van der Waals surface area contributed by atoms with Crippen LogP contribution in [-0.4, -0.2) is 17.7 Å². The number of carboxylic acids is 1. The maximum Gasteiger partial charge on any atom is 0.321 e. The molecule has 0 spiro atoms. The summed E-state index contributed by atoms with van der Waals surface area (Å²) < 4.78 is 5.44. The Balaban J connectivity index is 2.07. The number of ether oxygens (including phenoxy) is 1. The van der Waals surface area contributed by atoms with E-state index in [1.165, 1.54) is 11.8 Å². The fourth-order valence-electron chi connectivity index (χ4n) is 1.83. The van der Waals surface area contributed by atoms with Crippen LogP contribution in [0.2, 0.25) is 0 Å². The first-order valence-corrected chi connectivity index (χ1v) is 7.65. The van der Waals surface area contributed by atoms with Crippen molar-refractivity contribution in [1.82, 2.24) is 0 Å². The first-order valence-electron chi connectivity index (χ1n) is 6.77. The average Bonchev–Trinajstić information content (AvgIpc) is 2.55. The molecule has 2 aromatic rings. The lowest BCUT2D eigenvalue weighted by Crippen LogP contribution is -2.07. The standard InChI is InChI=1S/C18H16O3S/c1-2-3-13-21-15-9-11-16(12-10-15)22-17(18(19)20)14-7-5-4-6-8-14/h4-12,17H,13H2,1H3,(H,19,20)/t17-/m1/s1. The SMILES string of the molecule is CC#CCOc1ccc(S[C@@H](C(=O)O)c2ccccc2)cc1. The average molecular weight is 312 g/mol. The molecule has 0 fully saturated rings. The predicted molar refractivity (Wildman–Crippen MR) is 88.1 cm³/mol. The fraction of sp³-hybridized carbons (Fsp3) is 0.167. The first-order chi connectivity index (χ1) is 10.7. The van der Waals surface area contributed by atoms with Gasteiger partial charge in [0.15, 0.2) is 0 Å². The molecule has 1 N–H and O–H groups in total. The number of hydrogen-bond donors (Lipinski definition) is 1. The van der Waals surface area contributed by atoms with Crippen molar-refractivity contribution in [2.75, 3.05) is 6.61 Å². The van der Waals surface area contributed by atoms with Crippen LogP contribution in [0.4, 0.5) is 0 Å². The lowest BCUT2D eigenvalue weighted by molar-refractivity contribution is -0.136. The molecule has 0 amide bonds. The van der Waals surface area contributed by atoms with E-state index >= 15 is 0 Å². The molecule has 0 heterocycles. The van der Waals surface area contributed by atoms with E-state index < -0.39 is 11.2 Å². The van der Waals surface area contributed by atoms with E-state index in [9.17, 15) is 9.90 Å². The van der Waals surface area contributed by atoms with Crippen LogP contribution in [0.25, 0.3) is 0 Å². The van der Waals surface area contributed by atoms with Gasteiger partial charge in [-0.2, -0.15) is 0 Å². The topological polar surface area (TPSA) is 46.5 Å². The summed E-state index contributed by atoms with van der Waals surface area (Å²) in [5.41, 5.74) is 0.776. The highest BCUT2D eigenvalue weighted by atomic mass is 32.2. The molecule has 4 heteroatoms. The molecular weight excluding hydrogens is 296 g/mol. The molecule has 2 rings (SSSR count). The molecular formula is C18H16O3S. The van der Waals surface area contributed by atoms with Crippen molar-refractivity contribution in [1.29, 1.82) is 0 Å². The summed E-state index contributed by atoms with van der Waals surface area (Å²) >= 11 is 1.30. The van der Waals surface area contributed by atoms with Crippen molar-refractivity contribution in [3.63, 3.8) is 0 Å². The van der Waals surface area contributed by atoms with Gasteiger partial charge in [-0.05, 0) is 36.8 Å². The minimum absolute atomic E-state index is 0.352. The fourth-order valence-corrected chi connectivity index (χ4v) is 2.79. The number of benzene rings is 2. The van der Waals surface area contributed by atoms with Crippen LogP contribution in [0.5, 0.6) is 5.75 Å². The summed E-state index contributed by atoms with van der Waals surface area (Å²) in [6.45, 7) is 2.11. The van der Waals surface area contributed by atoms with Crippen LogP contribution in [0.1, 0.15) is 17.7 Å². The van der Waals surface area contributed by atoms with Gasteiger partial charge in [0.2, 0.25) is 0 Å². The first kappa shape index (κ1) is 16.0. The summed E-state index contributed by atoms with van der Waals surface area (Å²) in [5.74, 6) is 5.46. The van der Waals surface area contributed by atoms with Gasteiger partial charge in [0, 0.05) is 4.90 Å². The number of rotatable bonds is 6. The minimum Gasteiger partial charge on any atom is -0.481 e. The zero-order chi connectivity index (χ0) is 15.8. The second-order valence-electron chi connectivity index (χ2n) is 4.43. The van der Waals surface area contributed by atoms with E-state index in [4.69, 9.17) is 4.74 Å². The quantitative estimate of drug-likeness (QED) is 0.647. The molecule has 0 saturated heterocycles. The lowest BCUT2D eigenvalue weighted by atomic mass is 10.1. The zero-order valence-electron chi connectivity index (χ0n) is 12.2.